The van der Waals surface area contributed by atoms with Crippen molar-refractivity contribution in [2.24, 2.45) is 9.98 Å². The van der Waals surface area contributed by atoms with Gasteiger partial charge in [-0.3, -0.25) is 9.98 Å². The van der Waals surface area contributed by atoms with Crippen molar-refractivity contribution < 1.29 is 4.42 Å². The van der Waals surface area contributed by atoms with Crippen molar-refractivity contribution in [3.8, 4) is 11.3 Å². The van der Waals surface area contributed by atoms with Crippen LogP contribution < -0.4 is 0 Å². The fraction of sp³-hybridized carbons (Fsp3) is 0.0217. The summed E-state index contributed by atoms with van der Waals surface area (Å²) in [6.45, 7) is 4.34. The van der Waals surface area contributed by atoms with Crippen molar-refractivity contribution in [1.29, 1.82) is 0 Å². The second-order valence-electron chi connectivity index (χ2n) is 12.8. The van der Waals surface area contributed by atoms with Crippen LogP contribution in [0.1, 0.15) is 5.56 Å². The molecule has 0 bridgehead atoms. The van der Waals surface area contributed by atoms with Gasteiger partial charge >= 0.3 is 0 Å². The highest BCUT2D eigenvalue weighted by atomic mass is 16.3. The molecule has 6 aromatic carbocycles. The fourth-order valence-electron chi connectivity index (χ4n) is 7.72. The van der Waals surface area contributed by atoms with Gasteiger partial charge in [-0.05, 0) is 54.6 Å². The second kappa shape index (κ2) is 11.6. The summed E-state index contributed by atoms with van der Waals surface area (Å²) in [4.78, 5) is 15.0. The van der Waals surface area contributed by atoms with Crippen LogP contribution in [0.15, 0.2) is 178 Å². The minimum atomic E-state index is 0.450. The average molecular weight is 655 g/mol. The van der Waals surface area contributed by atoms with E-state index in [1.54, 1.807) is 0 Å². The van der Waals surface area contributed by atoms with Crippen LogP contribution in [0.5, 0.6) is 0 Å². The number of rotatable bonds is 5. The number of fused-ring (bicyclic) bond motifs is 10. The number of para-hydroxylation sites is 2. The number of aliphatic imine (C=N–C) groups is 2. The van der Waals surface area contributed by atoms with E-state index in [0.29, 0.717) is 6.67 Å². The molecular formula is C46H30N4O. The van der Waals surface area contributed by atoms with E-state index in [0.717, 1.165) is 93.8 Å². The Morgan fingerprint density at radius 3 is 2.22 bits per heavy atom. The normalized spacial score (nSPS) is 14.9. The van der Waals surface area contributed by atoms with Crippen LogP contribution >= 0.6 is 0 Å². The fourth-order valence-corrected chi connectivity index (χ4v) is 7.72. The van der Waals surface area contributed by atoms with Gasteiger partial charge in [0.1, 0.15) is 17.8 Å². The Morgan fingerprint density at radius 2 is 1.35 bits per heavy atom. The summed E-state index contributed by atoms with van der Waals surface area (Å²) >= 11 is 0. The molecule has 0 amide bonds. The SMILES string of the molecule is C=N/C(=C1/C=CC=C/C1=N/Cn1c2ccccc2c2cc(-c3nc4ccc5oc6ccccc6c5c4c4ccccc34)ccc21)c1ccccc1. The van der Waals surface area contributed by atoms with E-state index in [2.05, 4.69) is 119 Å². The van der Waals surface area contributed by atoms with Crippen molar-refractivity contribution in [2.75, 3.05) is 0 Å². The Kier molecular flexibility index (Phi) is 6.64. The summed E-state index contributed by atoms with van der Waals surface area (Å²) in [5.41, 5.74) is 10.6. The van der Waals surface area contributed by atoms with Crippen molar-refractivity contribution in [3.05, 3.63) is 169 Å². The van der Waals surface area contributed by atoms with E-state index in [1.807, 2.05) is 54.6 Å². The van der Waals surface area contributed by atoms with Crippen molar-refractivity contribution in [2.45, 2.75) is 6.67 Å². The molecule has 1 aliphatic rings. The number of allylic oxidation sites excluding steroid dienone is 5. The molecule has 0 radical (unpaired) electrons. The number of furan rings is 1. The monoisotopic (exact) mass is 654 g/mol. The zero-order chi connectivity index (χ0) is 33.9. The Balaban J connectivity index is 1.13. The van der Waals surface area contributed by atoms with Crippen LogP contribution in [-0.4, -0.2) is 22.0 Å². The predicted octanol–water partition coefficient (Wildman–Crippen LogP) is 11.7. The maximum absolute atomic E-state index is 6.26. The molecule has 10 rings (SSSR count). The van der Waals surface area contributed by atoms with E-state index >= 15 is 0 Å². The molecule has 0 aliphatic heterocycles. The van der Waals surface area contributed by atoms with E-state index in [9.17, 15) is 0 Å². The molecule has 5 heteroatoms. The predicted molar refractivity (Wildman–Crippen MR) is 214 cm³/mol. The summed E-state index contributed by atoms with van der Waals surface area (Å²) in [6, 6.07) is 46.4. The number of benzene rings is 6. The first-order valence-corrected chi connectivity index (χ1v) is 17.1. The zero-order valence-corrected chi connectivity index (χ0v) is 27.6. The van der Waals surface area contributed by atoms with Gasteiger partial charge in [-0.1, -0.05) is 115 Å². The lowest BCUT2D eigenvalue weighted by atomic mass is 9.96. The van der Waals surface area contributed by atoms with Gasteiger partial charge < -0.3 is 8.98 Å². The number of nitrogens with zero attached hydrogens (tertiary/aromatic N) is 4. The summed E-state index contributed by atoms with van der Waals surface area (Å²) in [5.74, 6) is 0. The highest BCUT2D eigenvalue weighted by molar-refractivity contribution is 6.27. The van der Waals surface area contributed by atoms with E-state index < -0.39 is 0 Å². The third kappa shape index (κ3) is 4.59. The minimum Gasteiger partial charge on any atom is -0.456 e. The highest BCUT2D eigenvalue weighted by Gasteiger charge is 2.19. The topological polar surface area (TPSA) is 55.7 Å². The van der Waals surface area contributed by atoms with Gasteiger partial charge in [0.05, 0.1) is 33.7 Å². The number of aromatic nitrogens is 2. The first kappa shape index (κ1) is 29.1. The first-order chi connectivity index (χ1) is 25.3. The quantitative estimate of drug-likeness (QED) is 0.137. The molecule has 0 saturated heterocycles. The molecule has 51 heavy (non-hydrogen) atoms. The molecule has 3 aromatic heterocycles. The summed E-state index contributed by atoms with van der Waals surface area (Å²) in [5, 5.41) is 7.95. The van der Waals surface area contributed by atoms with E-state index in [4.69, 9.17) is 14.4 Å². The smallest absolute Gasteiger partial charge is 0.136 e. The zero-order valence-electron chi connectivity index (χ0n) is 27.6. The molecule has 240 valence electrons. The van der Waals surface area contributed by atoms with Crippen molar-refractivity contribution >= 4 is 83.5 Å². The van der Waals surface area contributed by atoms with Crippen LogP contribution in [0.3, 0.4) is 0 Å². The Bertz CT molecular complexity index is 3010. The molecule has 3 heterocycles. The van der Waals surface area contributed by atoms with Crippen LogP contribution in [0.2, 0.25) is 0 Å². The van der Waals surface area contributed by atoms with Gasteiger partial charge in [0.25, 0.3) is 0 Å². The molecule has 5 nitrogen and oxygen atoms in total. The van der Waals surface area contributed by atoms with Crippen molar-refractivity contribution in [1.82, 2.24) is 9.55 Å². The number of hydrogen-bond donors (Lipinski definition) is 0. The Morgan fingerprint density at radius 1 is 0.627 bits per heavy atom. The molecule has 9 aromatic rings. The maximum Gasteiger partial charge on any atom is 0.136 e. The lowest BCUT2D eigenvalue weighted by Crippen LogP contribution is -2.06. The highest BCUT2D eigenvalue weighted by Crippen LogP contribution is 2.41. The van der Waals surface area contributed by atoms with E-state index in [-0.39, 0.29) is 0 Å². The summed E-state index contributed by atoms with van der Waals surface area (Å²) in [6.07, 6.45) is 8.16. The lowest BCUT2D eigenvalue weighted by Gasteiger charge is -2.13. The summed E-state index contributed by atoms with van der Waals surface area (Å²) in [7, 11) is 0. The van der Waals surface area contributed by atoms with Gasteiger partial charge in [-0.2, -0.15) is 0 Å². The van der Waals surface area contributed by atoms with Crippen LogP contribution in [-0.2, 0) is 6.67 Å². The molecule has 0 spiro atoms. The molecule has 1 aliphatic carbocycles. The first-order valence-electron chi connectivity index (χ1n) is 17.1. The lowest BCUT2D eigenvalue weighted by molar-refractivity contribution is 0.669. The molecule has 0 atom stereocenters. The Hall–Kier alpha value is -6.85. The standard InChI is InChI=1S/C46H30N4O/c1-47-45(29-13-3-2-4-14-29)34-18-7-10-20-37(34)48-28-50-39-21-11-8-15-31(39)36-27-30(23-25-40(36)50)46-33-17-6-5-16-32(33)43-38(49-46)24-26-42-44(43)35-19-9-12-22-41(35)51-42/h2-27H,1,28H2/b45-34-,48-37-. The number of hydrogen-bond acceptors (Lipinski definition) is 4. The molecule has 0 fully saturated rings. The van der Waals surface area contributed by atoms with Crippen LogP contribution in [0, 0.1) is 0 Å². The largest absolute Gasteiger partial charge is 0.456 e. The molecular weight excluding hydrogens is 625 g/mol. The second-order valence-corrected chi connectivity index (χ2v) is 12.8. The molecule has 0 saturated carbocycles. The number of pyridine rings is 1. The van der Waals surface area contributed by atoms with Crippen molar-refractivity contribution in [3.63, 3.8) is 0 Å². The van der Waals surface area contributed by atoms with Gasteiger partial charge in [0, 0.05) is 49.0 Å². The third-order valence-corrected chi connectivity index (χ3v) is 10.00. The van der Waals surface area contributed by atoms with Gasteiger partial charge in [0.15, 0.2) is 0 Å². The van der Waals surface area contributed by atoms with Gasteiger partial charge in [-0.15, -0.1) is 0 Å². The summed E-state index contributed by atoms with van der Waals surface area (Å²) < 4.78 is 8.55. The van der Waals surface area contributed by atoms with E-state index in [1.165, 1.54) is 5.39 Å². The van der Waals surface area contributed by atoms with Crippen LogP contribution in [0.4, 0.5) is 0 Å². The average Bonchev–Trinajstić information content (AvgIpc) is 3.73. The van der Waals surface area contributed by atoms with Crippen LogP contribution in [0.25, 0.3) is 82.4 Å². The maximum atomic E-state index is 6.26. The Labute approximate surface area is 293 Å². The van der Waals surface area contributed by atoms with Gasteiger partial charge in [0.2, 0.25) is 0 Å². The molecule has 0 N–H and O–H groups in total. The minimum absolute atomic E-state index is 0.450. The molecule has 0 unspecified atom stereocenters. The van der Waals surface area contributed by atoms with Gasteiger partial charge in [-0.25, -0.2) is 4.98 Å². The third-order valence-electron chi connectivity index (χ3n) is 10.00.